The van der Waals surface area contributed by atoms with Crippen LogP contribution in [0.2, 0.25) is 0 Å². The zero-order chi connectivity index (χ0) is 13.3. The van der Waals surface area contributed by atoms with E-state index in [1.807, 2.05) is 26.1 Å². The van der Waals surface area contributed by atoms with E-state index in [9.17, 15) is 5.11 Å². The first-order valence-corrected chi connectivity index (χ1v) is 6.54. The van der Waals surface area contributed by atoms with E-state index in [1.54, 1.807) is 0 Å². The predicted molar refractivity (Wildman–Crippen MR) is 76.9 cm³/mol. The van der Waals surface area contributed by atoms with Gasteiger partial charge in [0.15, 0.2) is 0 Å². The van der Waals surface area contributed by atoms with Crippen molar-refractivity contribution in [2.45, 2.75) is 25.9 Å². The number of nitrogens with two attached hydrogens (primary N) is 1. The van der Waals surface area contributed by atoms with E-state index in [-0.39, 0.29) is 6.10 Å². The van der Waals surface area contributed by atoms with Crippen LogP contribution < -0.4 is 10.6 Å². The molecule has 98 valence electrons. The van der Waals surface area contributed by atoms with Crippen LogP contribution in [0, 0.1) is 12.8 Å². The highest BCUT2D eigenvalue weighted by Gasteiger charge is 2.28. The SMILES string of the molecule is Cc1cc(C(N)=S)cc(N(C)CC2CC(O)C2)n1. The van der Waals surface area contributed by atoms with Crippen molar-refractivity contribution in [1.29, 1.82) is 0 Å². The molecule has 0 radical (unpaired) electrons. The fourth-order valence-electron chi connectivity index (χ4n) is 2.32. The molecule has 0 spiro atoms. The van der Waals surface area contributed by atoms with Crippen molar-refractivity contribution >= 4 is 23.0 Å². The number of aryl methyl sites for hydroxylation is 1. The normalized spacial score (nSPS) is 22.4. The molecule has 0 aromatic carbocycles. The maximum Gasteiger partial charge on any atom is 0.129 e. The first-order chi connectivity index (χ1) is 8.45. The molecule has 4 nitrogen and oxygen atoms in total. The van der Waals surface area contributed by atoms with Crippen molar-refractivity contribution in [2.75, 3.05) is 18.5 Å². The molecule has 18 heavy (non-hydrogen) atoms. The molecule has 0 atom stereocenters. The van der Waals surface area contributed by atoms with Gasteiger partial charge in [0.05, 0.1) is 6.10 Å². The summed E-state index contributed by atoms with van der Waals surface area (Å²) >= 11 is 5.00. The molecule has 1 heterocycles. The summed E-state index contributed by atoms with van der Waals surface area (Å²) in [7, 11) is 2.01. The van der Waals surface area contributed by atoms with Crippen LogP contribution in [0.4, 0.5) is 5.82 Å². The summed E-state index contributed by atoms with van der Waals surface area (Å²) in [6, 6.07) is 3.82. The van der Waals surface area contributed by atoms with Gasteiger partial charge in [-0.05, 0) is 37.8 Å². The van der Waals surface area contributed by atoms with Crippen molar-refractivity contribution in [3.8, 4) is 0 Å². The fraction of sp³-hybridized carbons (Fsp3) is 0.538. The number of pyridine rings is 1. The van der Waals surface area contributed by atoms with Crippen molar-refractivity contribution in [3.63, 3.8) is 0 Å². The number of rotatable bonds is 4. The van der Waals surface area contributed by atoms with Gasteiger partial charge >= 0.3 is 0 Å². The van der Waals surface area contributed by atoms with Gasteiger partial charge in [0.25, 0.3) is 0 Å². The molecule has 1 aromatic heterocycles. The van der Waals surface area contributed by atoms with Crippen LogP contribution >= 0.6 is 12.2 Å². The Balaban J connectivity index is 2.09. The largest absolute Gasteiger partial charge is 0.393 e. The zero-order valence-corrected chi connectivity index (χ0v) is 11.6. The Kier molecular flexibility index (Phi) is 3.82. The second kappa shape index (κ2) is 5.20. The Morgan fingerprint density at radius 1 is 1.56 bits per heavy atom. The molecular formula is C13H19N3OS. The molecule has 1 fully saturated rings. The maximum absolute atomic E-state index is 9.30. The third kappa shape index (κ3) is 2.97. The minimum atomic E-state index is -0.110. The predicted octanol–water partition coefficient (Wildman–Crippen LogP) is 1.23. The van der Waals surface area contributed by atoms with Crippen LogP contribution in [-0.2, 0) is 0 Å². The van der Waals surface area contributed by atoms with Gasteiger partial charge in [0, 0.05) is 24.8 Å². The molecule has 0 saturated heterocycles. The van der Waals surface area contributed by atoms with Crippen LogP contribution in [-0.4, -0.2) is 34.8 Å². The number of thiocarbonyl (C=S) groups is 1. The first kappa shape index (κ1) is 13.2. The standard InChI is InChI=1S/C13H19N3OS/c1-8-3-10(13(14)18)6-12(15-8)16(2)7-9-4-11(17)5-9/h3,6,9,11,17H,4-5,7H2,1-2H3,(H2,14,18). The Hall–Kier alpha value is -1.20. The summed E-state index contributed by atoms with van der Waals surface area (Å²) in [5, 5.41) is 9.30. The molecule has 0 amide bonds. The molecule has 0 bridgehead atoms. The molecule has 3 N–H and O–H groups in total. The summed E-state index contributed by atoms with van der Waals surface area (Å²) in [5.41, 5.74) is 7.43. The minimum absolute atomic E-state index is 0.110. The number of hydrogen-bond acceptors (Lipinski definition) is 4. The van der Waals surface area contributed by atoms with Crippen LogP contribution in [0.1, 0.15) is 24.1 Å². The number of anilines is 1. The molecular weight excluding hydrogens is 246 g/mol. The van der Waals surface area contributed by atoms with Crippen LogP contribution in [0.3, 0.4) is 0 Å². The van der Waals surface area contributed by atoms with Crippen molar-refractivity contribution in [3.05, 3.63) is 23.4 Å². The quantitative estimate of drug-likeness (QED) is 0.802. The van der Waals surface area contributed by atoms with Gasteiger partial charge in [0.2, 0.25) is 0 Å². The lowest BCUT2D eigenvalue weighted by Gasteiger charge is -2.35. The number of aliphatic hydroxyl groups excluding tert-OH is 1. The van der Waals surface area contributed by atoms with E-state index >= 15 is 0 Å². The third-order valence-corrected chi connectivity index (χ3v) is 3.59. The highest BCUT2D eigenvalue weighted by atomic mass is 32.1. The van der Waals surface area contributed by atoms with Crippen LogP contribution in [0.15, 0.2) is 12.1 Å². The molecule has 1 aromatic rings. The molecule has 2 rings (SSSR count). The Labute approximate surface area is 113 Å². The van der Waals surface area contributed by atoms with Crippen molar-refractivity contribution in [1.82, 2.24) is 4.98 Å². The molecule has 5 heteroatoms. The van der Waals surface area contributed by atoms with Crippen molar-refractivity contribution in [2.24, 2.45) is 11.7 Å². The Morgan fingerprint density at radius 2 is 2.22 bits per heavy atom. The van der Waals surface area contributed by atoms with E-state index in [2.05, 4.69) is 9.88 Å². The van der Waals surface area contributed by atoms with E-state index in [0.717, 1.165) is 36.5 Å². The number of hydrogen-bond donors (Lipinski definition) is 2. The first-order valence-electron chi connectivity index (χ1n) is 6.13. The van der Waals surface area contributed by atoms with Gasteiger partial charge in [-0.2, -0.15) is 0 Å². The number of aromatic nitrogens is 1. The van der Waals surface area contributed by atoms with E-state index in [1.165, 1.54) is 0 Å². The second-order valence-electron chi connectivity index (χ2n) is 5.09. The molecule has 1 aliphatic rings. The second-order valence-corrected chi connectivity index (χ2v) is 5.53. The summed E-state index contributed by atoms with van der Waals surface area (Å²) in [4.78, 5) is 6.99. The van der Waals surface area contributed by atoms with Gasteiger partial charge in [-0.15, -0.1) is 0 Å². The van der Waals surface area contributed by atoms with Crippen LogP contribution in [0.5, 0.6) is 0 Å². The van der Waals surface area contributed by atoms with Gasteiger partial charge in [-0.1, -0.05) is 12.2 Å². The Morgan fingerprint density at radius 3 is 2.78 bits per heavy atom. The fourth-order valence-corrected chi connectivity index (χ4v) is 2.44. The molecule has 0 unspecified atom stereocenters. The highest BCUT2D eigenvalue weighted by molar-refractivity contribution is 7.80. The monoisotopic (exact) mass is 265 g/mol. The van der Waals surface area contributed by atoms with Crippen molar-refractivity contribution < 1.29 is 5.11 Å². The van der Waals surface area contributed by atoms with Gasteiger partial charge in [-0.25, -0.2) is 4.98 Å². The summed E-state index contributed by atoms with van der Waals surface area (Å²) in [5.74, 6) is 1.44. The molecule has 1 aliphatic carbocycles. The zero-order valence-electron chi connectivity index (χ0n) is 10.8. The average Bonchev–Trinajstić information content (AvgIpc) is 2.26. The summed E-state index contributed by atoms with van der Waals surface area (Å²) in [6.45, 7) is 2.84. The lowest BCUT2D eigenvalue weighted by Crippen LogP contribution is -2.37. The van der Waals surface area contributed by atoms with Crippen LogP contribution in [0.25, 0.3) is 0 Å². The summed E-state index contributed by atoms with van der Waals surface area (Å²) in [6.07, 6.45) is 1.66. The van der Waals surface area contributed by atoms with Gasteiger partial charge < -0.3 is 15.7 Å². The molecule has 0 aliphatic heterocycles. The maximum atomic E-state index is 9.30. The number of nitrogens with zero attached hydrogens (tertiary/aromatic N) is 2. The topological polar surface area (TPSA) is 62.4 Å². The van der Waals surface area contributed by atoms with E-state index in [4.69, 9.17) is 18.0 Å². The highest BCUT2D eigenvalue weighted by Crippen LogP contribution is 2.28. The average molecular weight is 265 g/mol. The lowest BCUT2D eigenvalue weighted by molar-refractivity contribution is 0.0464. The third-order valence-electron chi connectivity index (χ3n) is 3.36. The van der Waals surface area contributed by atoms with Gasteiger partial charge in [0.1, 0.15) is 10.8 Å². The number of aliphatic hydroxyl groups is 1. The lowest BCUT2D eigenvalue weighted by atomic mass is 9.82. The van der Waals surface area contributed by atoms with Gasteiger partial charge in [-0.3, -0.25) is 0 Å². The smallest absolute Gasteiger partial charge is 0.129 e. The minimum Gasteiger partial charge on any atom is -0.393 e. The van der Waals surface area contributed by atoms with E-state index in [0.29, 0.717) is 10.9 Å². The Bertz CT molecular complexity index is 458. The summed E-state index contributed by atoms with van der Waals surface area (Å²) < 4.78 is 0. The van der Waals surface area contributed by atoms with E-state index < -0.39 is 0 Å². The molecule has 1 saturated carbocycles.